The highest BCUT2D eigenvalue weighted by Crippen LogP contribution is 1.85. The number of ether oxygens (including phenoxy) is 2. The fourth-order valence-corrected chi connectivity index (χ4v) is 0.535. The maximum absolute atomic E-state index is 10.0. The van der Waals surface area contributed by atoms with E-state index in [0.29, 0.717) is 6.61 Å². The lowest BCUT2D eigenvalue weighted by atomic mass is 10.5. The fourth-order valence-electron chi connectivity index (χ4n) is 0.535. The first-order chi connectivity index (χ1) is 7.31. The predicted octanol–water partition coefficient (Wildman–Crippen LogP) is 1.53. The molecule has 16 heavy (non-hydrogen) atoms. The molecule has 0 saturated carbocycles. The average molecular weight is 236 g/mol. The Kier molecular flexibility index (Phi) is 20.8. The van der Waals surface area contributed by atoms with Gasteiger partial charge in [0.2, 0.25) is 0 Å². The van der Waals surface area contributed by atoms with Gasteiger partial charge in [-0.1, -0.05) is 0 Å². The highest BCUT2D eigenvalue weighted by Gasteiger charge is 1.93. The molecule has 1 N–H and O–H groups in total. The smallest absolute Gasteiger partial charge is 0.302 e. The van der Waals surface area contributed by atoms with Gasteiger partial charge < -0.3 is 14.6 Å². The molecule has 0 aromatic carbocycles. The Bertz CT molecular complexity index is 166. The number of carbonyl (C=O) groups excluding carboxylic acids is 2. The van der Waals surface area contributed by atoms with E-state index in [2.05, 4.69) is 9.47 Å². The summed E-state index contributed by atoms with van der Waals surface area (Å²) >= 11 is 0. The molecule has 0 aliphatic heterocycles. The zero-order valence-corrected chi connectivity index (χ0v) is 11.1. The summed E-state index contributed by atoms with van der Waals surface area (Å²) in [7, 11) is 0. The summed E-state index contributed by atoms with van der Waals surface area (Å²) in [5.74, 6) is -0.424. The molecule has 0 aliphatic rings. The van der Waals surface area contributed by atoms with Crippen LogP contribution in [0.1, 0.15) is 41.5 Å². The fraction of sp³-hybridized carbons (Fsp3) is 0.818. The van der Waals surface area contributed by atoms with Crippen molar-refractivity contribution in [1.82, 2.24) is 0 Å². The van der Waals surface area contributed by atoms with Crippen LogP contribution in [0.4, 0.5) is 0 Å². The first-order valence-electron chi connectivity index (χ1n) is 5.23. The second-order valence-electron chi connectivity index (χ2n) is 2.90. The molecule has 0 atom stereocenters. The monoisotopic (exact) mass is 236 g/mol. The number of aliphatic hydroxyl groups excluding tert-OH is 1. The van der Waals surface area contributed by atoms with Gasteiger partial charge in [-0.05, 0) is 27.7 Å². The molecule has 5 heteroatoms. The van der Waals surface area contributed by atoms with E-state index in [1.54, 1.807) is 13.8 Å². The summed E-state index contributed by atoms with van der Waals surface area (Å²) in [6.45, 7) is 10.6. The normalized spacial score (nSPS) is 8.00. The van der Waals surface area contributed by atoms with Crippen LogP contribution in [0.15, 0.2) is 0 Å². The number of esters is 2. The number of aliphatic hydroxyl groups is 1. The summed E-state index contributed by atoms with van der Waals surface area (Å²) in [4.78, 5) is 19.9. The second-order valence-corrected chi connectivity index (χ2v) is 2.90. The third-order valence-electron chi connectivity index (χ3n) is 0.749. The molecule has 0 aromatic heterocycles. The molecule has 0 radical (unpaired) electrons. The van der Waals surface area contributed by atoms with Crippen molar-refractivity contribution in [2.75, 3.05) is 13.2 Å². The molecule has 0 heterocycles. The summed E-state index contributed by atoms with van der Waals surface area (Å²) in [5, 5.41) is 7.57. The Morgan fingerprint density at radius 1 is 1.12 bits per heavy atom. The molecule has 0 saturated heterocycles. The van der Waals surface area contributed by atoms with Gasteiger partial charge in [0.05, 0.1) is 12.7 Å². The van der Waals surface area contributed by atoms with Crippen molar-refractivity contribution in [2.45, 2.75) is 47.6 Å². The zero-order valence-electron chi connectivity index (χ0n) is 11.1. The van der Waals surface area contributed by atoms with Crippen molar-refractivity contribution in [2.24, 2.45) is 0 Å². The summed E-state index contributed by atoms with van der Waals surface area (Å²) in [6, 6.07) is 0. The van der Waals surface area contributed by atoms with E-state index in [-0.39, 0.29) is 24.6 Å². The van der Waals surface area contributed by atoms with Gasteiger partial charge in [-0.15, -0.1) is 0 Å². The van der Waals surface area contributed by atoms with E-state index < -0.39 is 0 Å². The Hall–Kier alpha value is -1.10. The van der Waals surface area contributed by atoms with Gasteiger partial charge in [-0.3, -0.25) is 9.59 Å². The summed E-state index contributed by atoms with van der Waals surface area (Å²) < 4.78 is 9.01. The van der Waals surface area contributed by atoms with Gasteiger partial charge in [-0.25, -0.2) is 0 Å². The van der Waals surface area contributed by atoms with Gasteiger partial charge in [0.1, 0.15) is 0 Å². The van der Waals surface area contributed by atoms with Gasteiger partial charge in [0, 0.05) is 20.5 Å². The van der Waals surface area contributed by atoms with Crippen molar-refractivity contribution in [3.8, 4) is 0 Å². The first-order valence-corrected chi connectivity index (χ1v) is 5.23. The maximum Gasteiger partial charge on any atom is 0.302 e. The minimum absolute atomic E-state index is 0.0255. The zero-order chi connectivity index (χ0) is 13.6. The minimum atomic E-state index is -0.213. The lowest BCUT2D eigenvalue weighted by Gasteiger charge is -2.01. The van der Waals surface area contributed by atoms with Crippen molar-refractivity contribution in [3.63, 3.8) is 0 Å². The van der Waals surface area contributed by atoms with Crippen molar-refractivity contribution in [1.29, 1.82) is 0 Å². The largest absolute Gasteiger partial charge is 0.466 e. The quantitative estimate of drug-likeness (QED) is 0.736. The second kappa shape index (κ2) is 16.3. The average Bonchev–Trinajstić information content (AvgIpc) is 2.02. The van der Waals surface area contributed by atoms with Crippen LogP contribution in [0.3, 0.4) is 0 Å². The topological polar surface area (TPSA) is 72.8 Å². The maximum atomic E-state index is 10.0. The Labute approximate surface area is 97.7 Å². The molecule has 0 unspecified atom stereocenters. The van der Waals surface area contributed by atoms with Crippen LogP contribution in [0.5, 0.6) is 0 Å². The number of hydrogen-bond acceptors (Lipinski definition) is 5. The lowest BCUT2D eigenvalue weighted by Crippen LogP contribution is -2.06. The first kappa shape index (κ1) is 20.3. The molecule has 5 nitrogen and oxygen atoms in total. The third kappa shape index (κ3) is 52.5. The van der Waals surface area contributed by atoms with Crippen LogP contribution in [-0.2, 0) is 19.1 Å². The molecule has 0 amide bonds. The molecule has 0 spiro atoms. The van der Waals surface area contributed by atoms with Gasteiger partial charge >= 0.3 is 11.9 Å². The predicted molar refractivity (Wildman–Crippen MR) is 62.0 cm³/mol. The van der Waals surface area contributed by atoms with Crippen molar-refractivity contribution >= 4 is 11.9 Å². The van der Waals surface area contributed by atoms with Gasteiger partial charge in [0.25, 0.3) is 0 Å². The molecular weight excluding hydrogens is 212 g/mol. The number of rotatable bonds is 2. The third-order valence-corrected chi connectivity index (χ3v) is 0.749. The summed E-state index contributed by atoms with van der Waals surface area (Å²) in [6.07, 6.45) is 0.0255. The van der Waals surface area contributed by atoms with E-state index >= 15 is 0 Å². The van der Waals surface area contributed by atoms with Crippen molar-refractivity contribution in [3.05, 3.63) is 0 Å². The van der Waals surface area contributed by atoms with E-state index in [1.807, 2.05) is 13.8 Å². The molecule has 0 rings (SSSR count). The van der Waals surface area contributed by atoms with Crippen LogP contribution < -0.4 is 0 Å². The van der Waals surface area contributed by atoms with E-state index in [0.717, 1.165) is 0 Å². The highest BCUT2D eigenvalue weighted by molar-refractivity contribution is 5.66. The molecular formula is C11H24O5. The molecule has 0 aliphatic carbocycles. The lowest BCUT2D eigenvalue weighted by molar-refractivity contribution is -0.144. The highest BCUT2D eigenvalue weighted by atomic mass is 16.5. The molecule has 0 fully saturated rings. The van der Waals surface area contributed by atoms with Crippen LogP contribution in [0.25, 0.3) is 0 Å². The standard InChI is InChI=1S/C5H10O2.C4H8O2.C2H6O/c1-4(2)7-5(3)6;1-3-6-4(2)5;1-2-3/h4H,1-3H3;3H2,1-2H3;3H,2H2,1H3. The number of hydrogen-bond donors (Lipinski definition) is 1. The van der Waals surface area contributed by atoms with Crippen LogP contribution in [0.2, 0.25) is 0 Å². The van der Waals surface area contributed by atoms with E-state index in [1.165, 1.54) is 13.8 Å². The molecule has 0 bridgehead atoms. The Balaban J connectivity index is -0.000000172. The summed E-state index contributed by atoms with van der Waals surface area (Å²) in [5.41, 5.74) is 0. The van der Waals surface area contributed by atoms with Crippen LogP contribution >= 0.6 is 0 Å². The Morgan fingerprint density at radius 3 is 1.50 bits per heavy atom. The number of carbonyl (C=O) groups is 2. The SMILES string of the molecule is CC(=O)OC(C)C.CCO.CCOC(C)=O. The molecule has 0 aromatic rings. The Morgan fingerprint density at radius 2 is 1.50 bits per heavy atom. The van der Waals surface area contributed by atoms with E-state index in [4.69, 9.17) is 5.11 Å². The van der Waals surface area contributed by atoms with Crippen molar-refractivity contribution < 1.29 is 24.2 Å². The van der Waals surface area contributed by atoms with Crippen LogP contribution in [-0.4, -0.2) is 36.4 Å². The molecule has 98 valence electrons. The van der Waals surface area contributed by atoms with E-state index in [9.17, 15) is 9.59 Å². The van der Waals surface area contributed by atoms with Crippen LogP contribution in [0, 0.1) is 0 Å². The van der Waals surface area contributed by atoms with Gasteiger partial charge in [0.15, 0.2) is 0 Å². The minimum Gasteiger partial charge on any atom is -0.466 e. The van der Waals surface area contributed by atoms with Gasteiger partial charge in [-0.2, -0.15) is 0 Å².